The molecular formula is C31H48N4O7S2. The quantitative estimate of drug-likeness (QED) is 0.263. The predicted octanol–water partition coefficient (Wildman–Crippen LogP) is 4.48. The number of carbonyl (C=O) groups is 5. The molecule has 2 rings (SSSR count). The SMILES string of the molecule is CC(=O)S[C@H](C(=O)NCCCC[C@H](NC(=O)OC(C)(C)C)C(=O)N1CCSC1)[C@@H](Cc1ccccc1)NC(=O)OC(C)(C)C. The average Bonchev–Trinajstić information content (AvgIpc) is 3.43. The summed E-state index contributed by atoms with van der Waals surface area (Å²) >= 11 is 2.52. The molecule has 44 heavy (non-hydrogen) atoms. The van der Waals surface area contributed by atoms with Gasteiger partial charge in [0.25, 0.3) is 0 Å². The smallest absolute Gasteiger partial charge is 0.408 e. The van der Waals surface area contributed by atoms with Crippen LogP contribution in [0.2, 0.25) is 0 Å². The second kappa shape index (κ2) is 17.5. The third-order valence-corrected chi connectivity index (χ3v) is 8.28. The van der Waals surface area contributed by atoms with Crippen LogP contribution in [-0.4, -0.2) is 87.3 Å². The Kier molecular flexibility index (Phi) is 14.8. The zero-order valence-corrected chi connectivity index (χ0v) is 28.5. The van der Waals surface area contributed by atoms with Crippen molar-refractivity contribution in [3.05, 3.63) is 35.9 Å². The summed E-state index contributed by atoms with van der Waals surface area (Å²) in [4.78, 5) is 65.6. The van der Waals surface area contributed by atoms with Gasteiger partial charge in [-0.25, -0.2) is 9.59 Å². The number of hydrogen-bond donors (Lipinski definition) is 3. The molecule has 13 heteroatoms. The number of hydrogen-bond acceptors (Lipinski definition) is 9. The summed E-state index contributed by atoms with van der Waals surface area (Å²) < 4.78 is 10.8. The topological polar surface area (TPSA) is 143 Å². The summed E-state index contributed by atoms with van der Waals surface area (Å²) in [5, 5.41) is 7.25. The maximum absolute atomic E-state index is 13.4. The molecule has 1 aliphatic rings. The number of alkyl carbamates (subject to hydrolysis) is 2. The van der Waals surface area contributed by atoms with Gasteiger partial charge in [-0.15, -0.1) is 11.8 Å². The predicted molar refractivity (Wildman–Crippen MR) is 174 cm³/mol. The van der Waals surface area contributed by atoms with Crippen LogP contribution in [-0.2, 0) is 30.3 Å². The van der Waals surface area contributed by atoms with Gasteiger partial charge in [0.15, 0.2) is 5.12 Å². The number of nitrogens with one attached hydrogen (secondary N) is 3. The molecule has 1 fully saturated rings. The molecule has 0 aliphatic carbocycles. The molecule has 0 bridgehead atoms. The van der Waals surface area contributed by atoms with Crippen LogP contribution in [0.3, 0.4) is 0 Å². The molecule has 0 saturated carbocycles. The number of benzene rings is 1. The molecule has 11 nitrogen and oxygen atoms in total. The number of unbranched alkanes of at least 4 members (excludes halogenated alkanes) is 1. The fourth-order valence-electron chi connectivity index (χ4n) is 4.36. The van der Waals surface area contributed by atoms with Gasteiger partial charge in [0.05, 0.1) is 11.9 Å². The Morgan fingerprint density at radius 1 is 0.932 bits per heavy atom. The van der Waals surface area contributed by atoms with Crippen molar-refractivity contribution in [1.29, 1.82) is 0 Å². The summed E-state index contributed by atoms with van der Waals surface area (Å²) in [5.41, 5.74) is -0.547. The standard InChI is InChI=1S/C31H48N4O7S2/c1-21(36)44-25(24(19-22-13-9-8-10-14-22)34-29(40)42-31(5,6)7)26(37)32-16-12-11-15-23(27(38)35-17-18-43-20-35)33-28(39)41-30(2,3)4/h8-10,13-14,23-25H,11-12,15-20H2,1-7H3,(H,32,37)(H,33,39)(H,34,40)/t23-,24+,25-/m0/s1. The summed E-state index contributed by atoms with van der Waals surface area (Å²) in [7, 11) is 0. The van der Waals surface area contributed by atoms with Crippen LogP contribution in [0.25, 0.3) is 0 Å². The highest BCUT2D eigenvalue weighted by molar-refractivity contribution is 8.14. The van der Waals surface area contributed by atoms with Crippen molar-refractivity contribution in [2.24, 2.45) is 0 Å². The van der Waals surface area contributed by atoms with E-state index in [4.69, 9.17) is 9.47 Å². The van der Waals surface area contributed by atoms with Gasteiger partial charge in [-0.3, -0.25) is 14.4 Å². The number of amides is 4. The van der Waals surface area contributed by atoms with E-state index in [-0.39, 0.29) is 17.6 Å². The van der Waals surface area contributed by atoms with Crippen molar-refractivity contribution < 1.29 is 33.4 Å². The van der Waals surface area contributed by atoms with E-state index < -0.39 is 46.6 Å². The van der Waals surface area contributed by atoms with Crippen molar-refractivity contribution in [2.45, 2.75) is 103 Å². The highest BCUT2D eigenvalue weighted by Crippen LogP contribution is 2.21. The van der Waals surface area contributed by atoms with Crippen LogP contribution < -0.4 is 16.0 Å². The van der Waals surface area contributed by atoms with Gasteiger partial charge in [0.2, 0.25) is 11.8 Å². The monoisotopic (exact) mass is 652 g/mol. The molecule has 1 saturated heterocycles. The normalized spacial score (nSPS) is 15.5. The van der Waals surface area contributed by atoms with Crippen LogP contribution >= 0.6 is 23.5 Å². The zero-order valence-electron chi connectivity index (χ0n) is 26.9. The maximum atomic E-state index is 13.4. The number of ether oxygens (including phenoxy) is 2. The maximum Gasteiger partial charge on any atom is 0.408 e. The number of carbonyl (C=O) groups excluding carboxylic acids is 5. The van der Waals surface area contributed by atoms with Crippen LogP contribution in [0.5, 0.6) is 0 Å². The van der Waals surface area contributed by atoms with Crippen molar-refractivity contribution in [1.82, 2.24) is 20.9 Å². The molecule has 1 aromatic carbocycles. The third kappa shape index (κ3) is 14.7. The van der Waals surface area contributed by atoms with Crippen molar-refractivity contribution >= 4 is 52.6 Å². The molecule has 0 spiro atoms. The largest absolute Gasteiger partial charge is 0.444 e. The number of rotatable bonds is 13. The highest BCUT2D eigenvalue weighted by atomic mass is 32.2. The zero-order chi connectivity index (χ0) is 32.9. The molecule has 0 radical (unpaired) electrons. The fraction of sp³-hybridized carbons (Fsp3) is 0.645. The summed E-state index contributed by atoms with van der Waals surface area (Å²) in [6, 6.07) is 7.92. The van der Waals surface area contributed by atoms with Gasteiger partial charge < -0.3 is 30.3 Å². The number of thioether (sulfide) groups is 2. The summed E-state index contributed by atoms with van der Waals surface area (Å²) in [6.45, 7) is 12.8. The Labute approximate surface area is 269 Å². The highest BCUT2D eigenvalue weighted by Gasteiger charge is 2.33. The van der Waals surface area contributed by atoms with Crippen molar-refractivity contribution in [2.75, 3.05) is 24.7 Å². The average molecular weight is 653 g/mol. The van der Waals surface area contributed by atoms with Gasteiger partial charge >= 0.3 is 12.2 Å². The summed E-state index contributed by atoms with van der Waals surface area (Å²) in [5.74, 6) is 0.887. The third-order valence-electron chi connectivity index (χ3n) is 6.19. The van der Waals surface area contributed by atoms with Crippen LogP contribution in [0.4, 0.5) is 9.59 Å². The Morgan fingerprint density at radius 3 is 2.09 bits per heavy atom. The first-order chi connectivity index (χ1) is 20.5. The molecule has 0 unspecified atom stereocenters. The van der Waals surface area contributed by atoms with Crippen molar-refractivity contribution in [3.8, 4) is 0 Å². The molecule has 1 aromatic rings. The van der Waals surface area contributed by atoms with E-state index in [2.05, 4.69) is 16.0 Å². The van der Waals surface area contributed by atoms with Gasteiger partial charge in [0, 0.05) is 25.8 Å². The second-order valence-electron chi connectivity index (χ2n) is 12.6. The first-order valence-electron chi connectivity index (χ1n) is 14.9. The Morgan fingerprint density at radius 2 is 1.55 bits per heavy atom. The van der Waals surface area contributed by atoms with Crippen molar-refractivity contribution in [3.63, 3.8) is 0 Å². The minimum absolute atomic E-state index is 0.153. The molecule has 1 aliphatic heterocycles. The van der Waals surface area contributed by atoms with E-state index in [0.29, 0.717) is 38.1 Å². The second-order valence-corrected chi connectivity index (χ2v) is 15.0. The van der Waals surface area contributed by atoms with Gasteiger partial charge in [0.1, 0.15) is 22.5 Å². The lowest BCUT2D eigenvalue weighted by Crippen LogP contribution is -2.51. The lowest BCUT2D eigenvalue weighted by Gasteiger charge is -2.28. The fourth-order valence-corrected chi connectivity index (χ4v) is 6.19. The lowest BCUT2D eigenvalue weighted by molar-refractivity contribution is -0.132. The van der Waals surface area contributed by atoms with E-state index in [9.17, 15) is 24.0 Å². The van der Waals surface area contributed by atoms with E-state index in [1.807, 2.05) is 30.3 Å². The van der Waals surface area contributed by atoms with Gasteiger partial charge in [-0.05, 0) is 72.8 Å². The Bertz CT molecular complexity index is 1120. The molecular weight excluding hydrogens is 604 g/mol. The molecule has 246 valence electrons. The van der Waals surface area contributed by atoms with Gasteiger partial charge in [-0.2, -0.15) is 0 Å². The number of nitrogens with zero attached hydrogens (tertiary/aromatic N) is 1. The molecule has 0 aromatic heterocycles. The van der Waals surface area contributed by atoms with E-state index >= 15 is 0 Å². The van der Waals surface area contributed by atoms with Crippen LogP contribution in [0, 0.1) is 0 Å². The van der Waals surface area contributed by atoms with E-state index in [0.717, 1.165) is 23.1 Å². The molecule has 4 amide bonds. The first-order valence-corrected chi connectivity index (χ1v) is 16.9. The molecule has 1 heterocycles. The Hall–Kier alpha value is -2.93. The Balaban J connectivity index is 2.04. The van der Waals surface area contributed by atoms with Crippen LogP contribution in [0.15, 0.2) is 30.3 Å². The molecule has 3 N–H and O–H groups in total. The van der Waals surface area contributed by atoms with Crippen LogP contribution in [0.1, 0.15) is 73.3 Å². The first kappa shape index (κ1) is 37.3. The van der Waals surface area contributed by atoms with E-state index in [1.165, 1.54) is 6.92 Å². The minimum Gasteiger partial charge on any atom is -0.444 e. The van der Waals surface area contributed by atoms with E-state index in [1.54, 1.807) is 58.2 Å². The minimum atomic E-state index is -0.906. The summed E-state index contributed by atoms with van der Waals surface area (Å²) in [6.07, 6.45) is 0.430. The van der Waals surface area contributed by atoms with Gasteiger partial charge in [-0.1, -0.05) is 42.1 Å². The lowest BCUT2D eigenvalue weighted by atomic mass is 10.0. The molecule has 3 atom stereocenters.